The van der Waals surface area contributed by atoms with Crippen molar-refractivity contribution in [3.63, 3.8) is 0 Å². The summed E-state index contributed by atoms with van der Waals surface area (Å²) in [6.07, 6.45) is 2.54. The Morgan fingerprint density at radius 2 is 2.10 bits per heavy atom. The minimum atomic E-state index is 0.588. The molecule has 110 valence electrons. The lowest BCUT2D eigenvalue weighted by molar-refractivity contribution is 0.895. The quantitative estimate of drug-likeness (QED) is 0.654. The fraction of sp³-hybridized carbons (Fsp3) is 0.400. The van der Waals surface area contributed by atoms with Gasteiger partial charge in [0.25, 0.3) is 0 Å². The van der Waals surface area contributed by atoms with Crippen molar-refractivity contribution in [3.8, 4) is 0 Å². The van der Waals surface area contributed by atoms with E-state index < -0.39 is 0 Å². The molecule has 0 aliphatic carbocycles. The third-order valence-electron chi connectivity index (χ3n) is 3.29. The summed E-state index contributed by atoms with van der Waals surface area (Å²) in [4.78, 5) is 7.77. The highest BCUT2D eigenvalue weighted by molar-refractivity contribution is 7.99. The van der Waals surface area contributed by atoms with Gasteiger partial charge in [0.2, 0.25) is 5.95 Å². The summed E-state index contributed by atoms with van der Waals surface area (Å²) in [6, 6.07) is 8.05. The SMILES string of the molecule is CCCCSCCNc1nnc2c(n1)[nH]c1ccccc12. The molecule has 0 saturated heterocycles. The number of H-pyrrole nitrogens is 1. The summed E-state index contributed by atoms with van der Waals surface area (Å²) < 4.78 is 0. The molecule has 0 aliphatic heterocycles. The summed E-state index contributed by atoms with van der Waals surface area (Å²) >= 11 is 1.96. The molecule has 1 aromatic carbocycles. The molecule has 0 fully saturated rings. The number of thioether (sulfide) groups is 1. The van der Waals surface area contributed by atoms with E-state index in [9.17, 15) is 0 Å². The number of hydrogen-bond donors (Lipinski definition) is 2. The third-order valence-corrected chi connectivity index (χ3v) is 4.36. The van der Waals surface area contributed by atoms with E-state index >= 15 is 0 Å². The lowest BCUT2D eigenvalue weighted by atomic mass is 10.2. The maximum Gasteiger partial charge on any atom is 0.244 e. The van der Waals surface area contributed by atoms with Crippen LogP contribution in [-0.2, 0) is 0 Å². The van der Waals surface area contributed by atoms with Crippen LogP contribution in [0.3, 0.4) is 0 Å². The minimum Gasteiger partial charge on any atom is -0.352 e. The van der Waals surface area contributed by atoms with Crippen LogP contribution in [0.25, 0.3) is 22.1 Å². The van der Waals surface area contributed by atoms with Gasteiger partial charge in [-0.15, -0.1) is 10.2 Å². The number of benzene rings is 1. The minimum absolute atomic E-state index is 0.588. The van der Waals surface area contributed by atoms with Crippen molar-refractivity contribution in [1.82, 2.24) is 20.2 Å². The molecule has 5 nitrogen and oxygen atoms in total. The fourth-order valence-corrected chi connectivity index (χ4v) is 3.12. The molecule has 3 aromatic rings. The van der Waals surface area contributed by atoms with Crippen LogP contribution in [-0.4, -0.2) is 38.2 Å². The molecule has 0 saturated carbocycles. The third kappa shape index (κ3) is 3.26. The molecule has 0 spiro atoms. The average molecular weight is 301 g/mol. The van der Waals surface area contributed by atoms with E-state index in [4.69, 9.17) is 0 Å². The van der Waals surface area contributed by atoms with Gasteiger partial charge in [-0.3, -0.25) is 0 Å². The second-order valence-corrected chi connectivity index (χ2v) is 6.12. The van der Waals surface area contributed by atoms with Crippen molar-refractivity contribution in [1.29, 1.82) is 0 Å². The normalized spacial score (nSPS) is 11.3. The molecule has 2 aromatic heterocycles. The van der Waals surface area contributed by atoms with E-state index in [0.717, 1.165) is 34.4 Å². The van der Waals surface area contributed by atoms with Gasteiger partial charge < -0.3 is 10.3 Å². The summed E-state index contributed by atoms with van der Waals surface area (Å²) in [5.41, 5.74) is 2.65. The fourth-order valence-electron chi connectivity index (χ4n) is 2.18. The van der Waals surface area contributed by atoms with Gasteiger partial charge in [0, 0.05) is 23.2 Å². The van der Waals surface area contributed by atoms with Gasteiger partial charge >= 0.3 is 0 Å². The first-order chi connectivity index (χ1) is 10.4. The molecule has 2 N–H and O–H groups in total. The molecule has 0 bridgehead atoms. The Morgan fingerprint density at radius 1 is 1.19 bits per heavy atom. The number of hydrogen-bond acceptors (Lipinski definition) is 5. The number of nitrogens with zero attached hydrogens (tertiary/aromatic N) is 3. The standard InChI is InChI=1S/C15H19N5S/c1-2-3-9-21-10-8-16-15-18-14-13(19-20-15)11-6-4-5-7-12(11)17-14/h4-7H,2-3,8-10H2,1H3,(H2,16,17,18,20). The highest BCUT2D eigenvalue weighted by Crippen LogP contribution is 2.21. The average Bonchev–Trinajstić information content (AvgIpc) is 2.88. The largest absolute Gasteiger partial charge is 0.352 e. The Labute approximate surface area is 127 Å². The first-order valence-electron chi connectivity index (χ1n) is 7.31. The number of aromatic nitrogens is 4. The van der Waals surface area contributed by atoms with Gasteiger partial charge in [-0.05, 0) is 18.2 Å². The van der Waals surface area contributed by atoms with Crippen molar-refractivity contribution in [2.45, 2.75) is 19.8 Å². The van der Waals surface area contributed by atoms with Gasteiger partial charge in [0.1, 0.15) is 5.52 Å². The van der Waals surface area contributed by atoms with E-state index in [1.165, 1.54) is 18.6 Å². The van der Waals surface area contributed by atoms with Crippen LogP contribution in [0.1, 0.15) is 19.8 Å². The molecular weight excluding hydrogens is 282 g/mol. The van der Waals surface area contributed by atoms with E-state index in [0.29, 0.717) is 5.95 Å². The van der Waals surface area contributed by atoms with Crippen LogP contribution in [0.15, 0.2) is 24.3 Å². The first-order valence-corrected chi connectivity index (χ1v) is 8.46. The van der Waals surface area contributed by atoms with Crippen LogP contribution >= 0.6 is 11.8 Å². The van der Waals surface area contributed by atoms with Crippen LogP contribution in [0.2, 0.25) is 0 Å². The lowest BCUT2D eigenvalue weighted by Gasteiger charge is -2.03. The lowest BCUT2D eigenvalue weighted by Crippen LogP contribution is -2.08. The Kier molecular flexibility index (Phi) is 4.55. The topological polar surface area (TPSA) is 66.5 Å². The van der Waals surface area contributed by atoms with E-state index in [1.807, 2.05) is 36.0 Å². The highest BCUT2D eigenvalue weighted by atomic mass is 32.2. The van der Waals surface area contributed by atoms with E-state index in [2.05, 4.69) is 32.4 Å². The molecule has 0 radical (unpaired) electrons. The van der Waals surface area contributed by atoms with Crippen LogP contribution < -0.4 is 5.32 Å². The Balaban J connectivity index is 1.66. The molecule has 2 heterocycles. The van der Waals surface area contributed by atoms with Gasteiger partial charge in [-0.1, -0.05) is 31.5 Å². The molecule has 6 heteroatoms. The number of fused-ring (bicyclic) bond motifs is 3. The molecule has 0 amide bonds. The van der Waals surface area contributed by atoms with Crippen molar-refractivity contribution in [2.75, 3.05) is 23.4 Å². The van der Waals surface area contributed by atoms with Gasteiger partial charge in [0.15, 0.2) is 5.65 Å². The molecule has 3 rings (SSSR count). The maximum absolute atomic E-state index is 4.50. The van der Waals surface area contributed by atoms with Gasteiger partial charge in [-0.25, -0.2) is 0 Å². The Hall–Kier alpha value is -1.82. The van der Waals surface area contributed by atoms with Crippen molar-refractivity contribution >= 4 is 39.8 Å². The monoisotopic (exact) mass is 301 g/mol. The van der Waals surface area contributed by atoms with Crippen LogP contribution in [0, 0.1) is 0 Å². The second-order valence-electron chi connectivity index (χ2n) is 4.90. The number of nitrogens with one attached hydrogen (secondary N) is 2. The summed E-state index contributed by atoms with van der Waals surface area (Å²) in [5, 5.41) is 12.7. The zero-order chi connectivity index (χ0) is 14.5. The summed E-state index contributed by atoms with van der Waals surface area (Å²) in [7, 11) is 0. The molecule has 0 unspecified atom stereocenters. The number of rotatable bonds is 7. The number of anilines is 1. The van der Waals surface area contributed by atoms with E-state index in [1.54, 1.807) is 0 Å². The van der Waals surface area contributed by atoms with Gasteiger partial charge in [0.05, 0.1) is 0 Å². The maximum atomic E-state index is 4.50. The van der Waals surface area contributed by atoms with E-state index in [-0.39, 0.29) is 0 Å². The van der Waals surface area contributed by atoms with Crippen molar-refractivity contribution in [2.24, 2.45) is 0 Å². The Morgan fingerprint density at radius 3 is 3.00 bits per heavy atom. The zero-order valence-corrected chi connectivity index (χ0v) is 12.9. The number of unbranched alkanes of at least 4 members (excludes halogenated alkanes) is 1. The summed E-state index contributed by atoms with van der Waals surface area (Å²) in [6.45, 7) is 3.08. The second kappa shape index (κ2) is 6.76. The molecular formula is C15H19N5S. The smallest absolute Gasteiger partial charge is 0.244 e. The Bertz CT molecular complexity index is 724. The predicted molar refractivity (Wildman–Crippen MR) is 89.9 cm³/mol. The molecule has 21 heavy (non-hydrogen) atoms. The van der Waals surface area contributed by atoms with Crippen LogP contribution in [0.4, 0.5) is 5.95 Å². The van der Waals surface area contributed by atoms with Crippen LogP contribution in [0.5, 0.6) is 0 Å². The molecule has 0 atom stereocenters. The van der Waals surface area contributed by atoms with Gasteiger partial charge in [-0.2, -0.15) is 16.7 Å². The molecule has 0 aliphatic rings. The summed E-state index contributed by atoms with van der Waals surface area (Å²) in [5.74, 6) is 2.87. The predicted octanol–water partition coefficient (Wildman–Crippen LogP) is 3.45. The first kappa shape index (κ1) is 14.1. The number of para-hydroxylation sites is 1. The zero-order valence-electron chi connectivity index (χ0n) is 12.1. The van der Waals surface area contributed by atoms with Crippen molar-refractivity contribution < 1.29 is 0 Å². The van der Waals surface area contributed by atoms with Crippen molar-refractivity contribution in [3.05, 3.63) is 24.3 Å². The number of aromatic amines is 1. The highest BCUT2D eigenvalue weighted by Gasteiger charge is 2.07.